The lowest BCUT2D eigenvalue weighted by Gasteiger charge is -2.03. The molecule has 7 heteroatoms. The second-order valence-corrected chi connectivity index (χ2v) is 4.73. The van der Waals surface area contributed by atoms with Gasteiger partial charge in [0, 0.05) is 19.0 Å². The standard InChI is InChI=1S/C11H11ClFN3OS/c12-6-4-9-8(5-7(6)13)15-11(18)16(9)3-1-2-10(14)17/h4-5H,1-3H2,(H2,14,17)(H,15,18). The average molecular weight is 288 g/mol. The molecule has 2 aromatic rings. The molecular formula is C11H11ClFN3OS. The topological polar surface area (TPSA) is 63.8 Å². The van der Waals surface area contributed by atoms with Gasteiger partial charge in [0.15, 0.2) is 4.77 Å². The number of primary amides is 1. The lowest BCUT2D eigenvalue weighted by Crippen LogP contribution is -2.11. The minimum absolute atomic E-state index is 0.0418. The fourth-order valence-electron chi connectivity index (χ4n) is 1.79. The first-order valence-corrected chi connectivity index (χ1v) is 6.13. The number of hydrogen-bond acceptors (Lipinski definition) is 2. The number of H-pyrrole nitrogens is 1. The molecule has 0 fully saturated rings. The number of amides is 1. The minimum Gasteiger partial charge on any atom is -0.370 e. The number of hydrogen-bond donors (Lipinski definition) is 2. The van der Waals surface area contributed by atoms with Gasteiger partial charge in [0.25, 0.3) is 0 Å². The molecular weight excluding hydrogens is 277 g/mol. The van der Waals surface area contributed by atoms with Crippen molar-refractivity contribution in [2.24, 2.45) is 5.73 Å². The third kappa shape index (κ3) is 2.54. The Hall–Kier alpha value is -1.40. The van der Waals surface area contributed by atoms with E-state index in [1.165, 1.54) is 12.1 Å². The van der Waals surface area contributed by atoms with E-state index in [9.17, 15) is 9.18 Å². The summed E-state index contributed by atoms with van der Waals surface area (Å²) < 4.78 is 15.5. The highest BCUT2D eigenvalue weighted by Crippen LogP contribution is 2.23. The maximum Gasteiger partial charge on any atom is 0.217 e. The van der Waals surface area contributed by atoms with Crippen LogP contribution in [0.3, 0.4) is 0 Å². The molecule has 3 N–H and O–H groups in total. The fraction of sp³-hybridized carbons (Fsp3) is 0.273. The molecule has 0 aliphatic carbocycles. The zero-order valence-corrected chi connectivity index (χ0v) is 10.9. The van der Waals surface area contributed by atoms with Crippen LogP contribution in [-0.2, 0) is 11.3 Å². The molecule has 0 radical (unpaired) electrons. The van der Waals surface area contributed by atoms with Gasteiger partial charge in [-0.05, 0) is 24.7 Å². The summed E-state index contributed by atoms with van der Waals surface area (Å²) in [5.74, 6) is -0.852. The Morgan fingerprint density at radius 3 is 2.94 bits per heavy atom. The number of aryl methyl sites for hydroxylation is 1. The Morgan fingerprint density at radius 2 is 2.28 bits per heavy atom. The summed E-state index contributed by atoms with van der Waals surface area (Å²) >= 11 is 10.9. The first-order valence-electron chi connectivity index (χ1n) is 5.35. The summed E-state index contributed by atoms with van der Waals surface area (Å²) in [6.45, 7) is 0.531. The Kier molecular flexibility index (Phi) is 3.68. The van der Waals surface area contributed by atoms with Crippen LogP contribution < -0.4 is 5.73 Å². The van der Waals surface area contributed by atoms with Gasteiger partial charge in [0.2, 0.25) is 5.91 Å². The van der Waals surface area contributed by atoms with Crippen LogP contribution >= 0.6 is 23.8 Å². The predicted octanol–water partition coefficient (Wildman–Crippen LogP) is 2.76. The highest BCUT2D eigenvalue weighted by Gasteiger charge is 2.09. The lowest BCUT2D eigenvalue weighted by molar-refractivity contribution is -0.118. The van der Waals surface area contributed by atoms with Gasteiger partial charge in [-0.3, -0.25) is 4.79 Å². The van der Waals surface area contributed by atoms with Crippen LogP contribution in [0.25, 0.3) is 11.0 Å². The Morgan fingerprint density at radius 1 is 1.56 bits per heavy atom. The number of imidazole rings is 1. The molecule has 1 aromatic heterocycles. The molecule has 0 aliphatic rings. The van der Waals surface area contributed by atoms with Crippen LogP contribution in [0, 0.1) is 10.6 Å². The number of benzene rings is 1. The van der Waals surface area contributed by atoms with Gasteiger partial charge in [0.05, 0.1) is 16.1 Å². The summed E-state index contributed by atoms with van der Waals surface area (Å²) in [6.07, 6.45) is 0.856. The minimum atomic E-state index is -0.496. The number of rotatable bonds is 4. The molecule has 96 valence electrons. The molecule has 0 atom stereocenters. The smallest absolute Gasteiger partial charge is 0.217 e. The molecule has 1 aromatic carbocycles. The van der Waals surface area contributed by atoms with E-state index in [2.05, 4.69) is 4.98 Å². The molecule has 0 spiro atoms. The maximum absolute atomic E-state index is 13.3. The van der Waals surface area contributed by atoms with Crippen molar-refractivity contribution in [2.45, 2.75) is 19.4 Å². The van der Waals surface area contributed by atoms with Crippen LogP contribution in [0.1, 0.15) is 12.8 Å². The number of carbonyl (C=O) groups excluding carboxylic acids is 1. The Bertz CT molecular complexity index is 664. The van der Waals surface area contributed by atoms with Crippen molar-refractivity contribution in [3.05, 3.63) is 27.7 Å². The quantitative estimate of drug-likeness (QED) is 0.849. The number of carbonyl (C=O) groups is 1. The van der Waals surface area contributed by atoms with Gasteiger partial charge in [-0.15, -0.1) is 0 Å². The zero-order valence-electron chi connectivity index (χ0n) is 9.37. The van der Waals surface area contributed by atoms with Crippen LogP contribution in [0.15, 0.2) is 12.1 Å². The number of nitrogens with one attached hydrogen (secondary N) is 1. The van der Waals surface area contributed by atoms with Crippen molar-refractivity contribution in [2.75, 3.05) is 0 Å². The summed E-state index contributed by atoms with van der Waals surface area (Å²) in [4.78, 5) is 13.6. The maximum atomic E-state index is 13.3. The van der Waals surface area contributed by atoms with Crippen molar-refractivity contribution in [3.63, 3.8) is 0 Å². The molecule has 2 rings (SSSR count). The molecule has 1 heterocycles. The molecule has 0 saturated heterocycles. The van der Waals surface area contributed by atoms with Gasteiger partial charge in [-0.1, -0.05) is 11.6 Å². The van der Waals surface area contributed by atoms with Crippen molar-refractivity contribution in [3.8, 4) is 0 Å². The highest BCUT2D eigenvalue weighted by atomic mass is 35.5. The summed E-state index contributed by atoms with van der Waals surface area (Å²) in [7, 11) is 0. The van der Waals surface area contributed by atoms with E-state index in [-0.39, 0.29) is 17.4 Å². The van der Waals surface area contributed by atoms with Crippen LogP contribution in [0.4, 0.5) is 4.39 Å². The average Bonchev–Trinajstić information content (AvgIpc) is 2.56. The largest absolute Gasteiger partial charge is 0.370 e. The number of aromatic amines is 1. The van der Waals surface area contributed by atoms with Gasteiger partial charge < -0.3 is 15.3 Å². The molecule has 18 heavy (non-hydrogen) atoms. The monoisotopic (exact) mass is 287 g/mol. The molecule has 0 saturated carbocycles. The van der Waals surface area contributed by atoms with Gasteiger partial charge >= 0.3 is 0 Å². The fourth-order valence-corrected chi connectivity index (χ4v) is 2.24. The molecule has 4 nitrogen and oxygen atoms in total. The number of fused-ring (bicyclic) bond motifs is 1. The third-order valence-electron chi connectivity index (χ3n) is 2.62. The molecule has 0 bridgehead atoms. The lowest BCUT2D eigenvalue weighted by atomic mass is 10.2. The van der Waals surface area contributed by atoms with E-state index in [1.807, 2.05) is 0 Å². The molecule has 0 unspecified atom stereocenters. The number of nitrogens with two attached hydrogens (primary N) is 1. The number of aromatic nitrogens is 2. The number of halogens is 2. The van der Waals surface area contributed by atoms with Crippen LogP contribution in [0.5, 0.6) is 0 Å². The third-order valence-corrected chi connectivity index (χ3v) is 3.23. The van der Waals surface area contributed by atoms with Crippen molar-refractivity contribution in [1.82, 2.24) is 9.55 Å². The van der Waals surface area contributed by atoms with Crippen LogP contribution in [-0.4, -0.2) is 15.5 Å². The van der Waals surface area contributed by atoms with Crippen molar-refractivity contribution in [1.29, 1.82) is 0 Å². The van der Waals surface area contributed by atoms with E-state index in [0.29, 0.717) is 23.3 Å². The van der Waals surface area contributed by atoms with E-state index in [4.69, 9.17) is 29.6 Å². The summed E-state index contributed by atoms with van der Waals surface area (Å²) in [6, 6.07) is 2.82. The second-order valence-electron chi connectivity index (χ2n) is 3.94. The van der Waals surface area contributed by atoms with E-state index >= 15 is 0 Å². The van der Waals surface area contributed by atoms with Gasteiger partial charge in [0.1, 0.15) is 5.82 Å². The van der Waals surface area contributed by atoms with Crippen molar-refractivity contribution < 1.29 is 9.18 Å². The SMILES string of the molecule is NC(=O)CCCn1c(=S)[nH]c2cc(F)c(Cl)cc21. The first kappa shape index (κ1) is 13.0. The van der Waals surface area contributed by atoms with E-state index in [0.717, 1.165) is 5.52 Å². The Labute approximate surface area is 113 Å². The number of nitrogens with zero attached hydrogens (tertiary/aromatic N) is 1. The van der Waals surface area contributed by atoms with E-state index < -0.39 is 5.82 Å². The van der Waals surface area contributed by atoms with Gasteiger partial charge in [-0.25, -0.2) is 4.39 Å². The highest BCUT2D eigenvalue weighted by molar-refractivity contribution is 7.71. The summed E-state index contributed by atoms with van der Waals surface area (Å²) in [5, 5.41) is 0.0418. The van der Waals surface area contributed by atoms with Gasteiger partial charge in [-0.2, -0.15) is 0 Å². The van der Waals surface area contributed by atoms with Crippen LogP contribution in [0.2, 0.25) is 5.02 Å². The van der Waals surface area contributed by atoms with Crippen molar-refractivity contribution >= 4 is 40.8 Å². The molecule has 1 amide bonds. The second kappa shape index (κ2) is 5.07. The predicted molar refractivity (Wildman–Crippen MR) is 70.5 cm³/mol. The van der Waals surface area contributed by atoms with E-state index in [1.54, 1.807) is 4.57 Å². The molecule has 0 aliphatic heterocycles. The normalized spacial score (nSPS) is 11.0. The zero-order chi connectivity index (χ0) is 13.3. The summed E-state index contributed by atoms with van der Waals surface area (Å²) in [5.41, 5.74) is 6.38. The first-order chi connectivity index (χ1) is 8.49. The Balaban J connectivity index is 2.37.